The van der Waals surface area contributed by atoms with E-state index in [4.69, 9.17) is 4.74 Å². The molecule has 1 aromatic rings. The first kappa shape index (κ1) is 26.1. The average molecular weight is 431 g/mol. The van der Waals surface area contributed by atoms with Crippen molar-refractivity contribution in [3.8, 4) is 11.5 Å². The van der Waals surface area contributed by atoms with E-state index in [-0.39, 0.29) is 5.60 Å². The predicted molar refractivity (Wildman–Crippen MR) is 134 cm³/mol. The Bertz CT molecular complexity index is 650. The molecule has 0 fully saturated rings. The number of hydrogen-bond acceptors (Lipinski definition) is 2. The molecule has 0 bridgehead atoms. The number of aromatic hydroxyl groups is 1. The molecule has 31 heavy (non-hydrogen) atoms. The van der Waals surface area contributed by atoms with Gasteiger partial charge in [-0.15, -0.1) is 0 Å². The van der Waals surface area contributed by atoms with Crippen LogP contribution >= 0.6 is 0 Å². The molecular weight excluding hydrogens is 380 g/mol. The zero-order valence-electron chi connectivity index (χ0n) is 21.4. The van der Waals surface area contributed by atoms with E-state index in [0.29, 0.717) is 5.75 Å². The minimum absolute atomic E-state index is 0.0561. The van der Waals surface area contributed by atoms with Crippen molar-refractivity contribution in [1.82, 2.24) is 0 Å². The molecule has 0 aliphatic carbocycles. The summed E-state index contributed by atoms with van der Waals surface area (Å²) in [6, 6.07) is 3.69. The van der Waals surface area contributed by atoms with Gasteiger partial charge in [-0.05, 0) is 80.5 Å². The molecule has 0 saturated heterocycles. The van der Waals surface area contributed by atoms with Gasteiger partial charge in [-0.2, -0.15) is 0 Å². The van der Waals surface area contributed by atoms with Crippen molar-refractivity contribution in [2.75, 3.05) is 0 Å². The monoisotopic (exact) mass is 430 g/mol. The SMILES string of the molecule is Cc1cc(O)cc2c1O[C@](C)(CCC[C@H](C)CCCC[C@H](C)CCCCC(C)C)CC2. The number of fused-ring (bicyclic) bond motifs is 1. The maximum atomic E-state index is 9.83. The van der Waals surface area contributed by atoms with Crippen molar-refractivity contribution in [3.63, 3.8) is 0 Å². The minimum Gasteiger partial charge on any atom is -0.508 e. The van der Waals surface area contributed by atoms with E-state index in [0.717, 1.165) is 53.9 Å². The summed E-state index contributed by atoms with van der Waals surface area (Å²) < 4.78 is 6.45. The van der Waals surface area contributed by atoms with Crippen LogP contribution in [0.5, 0.6) is 11.5 Å². The molecule has 178 valence electrons. The van der Waals surface area contributed by atoms with E-state index in [1.54, 1.807) is 0 Å². The van der Waals surface area contributed by atoms with Crippen molar-refractivity contribution in [2.24, 2.45) is 17.8 Å². The third kappa shape index (κ3) is 9.46. The van der Waals surface area contributed by atoms with Gasteiger partial charge in [0.15, 0.2) is 0 Å². The number of phenolic OH excluding ortho intramolecular Hbond substituents is 1. The molecule has 2 heteroatoms. The van der Waals surface area contributed by atoms with Crippen molar-refractivity contribution in [1.29, 1.82) is 0 Å². The van der Waals surface area contributed by atoms with Crippen LogP contribution in [-0.2, 0) is 6.42 Å². The van der Waals surface area contributed by atoms with Crippen molar-refractivity contribution in [2.45, 2.75) is 131 Å². The first-order chi connectivity index (χ1) is 14.7. The van der Waals surface area contributed by atoms with Gasteiger partial charge in [-0.25, -0.2) is 0 Å². The fourth-order valence-corrected chi connectivity index (χ4v) is 5.17. The molecule has 1 aliphatic heterocycles. The molecule has 1 N–H and O–H groups in total. The number of hydrogen-bond donors (Lipinski definition) is 1. The van der Waals surface area contributed by atoms with Gasteiger partial charge < -0.3 is 9.84 Å². The van der Waals surface area contributed by atoms with Crippen LogP contribution in [0.3, 0.4) is 0 Å². The van der Waals surface area contributed by atoms with Crippen LogP contribution in [-0.4, -0.2) is 10.7 Å². The Morgan fingerprint density at radius 1 is 0.871 bits per heavy atom. The van der Waals surface area contributed by atoms with Crippen molar-refractivity contribution < 1.29 is 9.84 Å². The second-order valence-electron chi connectivity index (χ2n) is 11.4. The molecular formula is C29H50O2. The van der Waals surface area contributed by atoms with E-state index in [1.165, 1.54) is 64.2 Å². The predicted octanol–water partition coefficient (Wildman–Crippen LogP) is 9.00. The lowest BCUT2D eigenvalue weighted by Crippen LogP contribution is -2.36. The lowest BCUT2D eigenvalue weighted by atomic mass is 9.86. The second kappa shape index (κ2) is 12.8. The summed E-state index contributed by atoms with van der Waals surface area (Å²) in [5.74, 6) is 3.95. The van der Waals surface area contributed by atoms with E-state index in [1.807, 2.05) is 19.1 Å². The molecule has 1 aromatic carbocycles. The molecule has 0 spiro atoms. The van der Waals surface area contributed by atoms with Crippen LogP contribution in [0.15, 0.2) is 12.1 Å². The minimum atomic E-state index is -0.0561. The largest absolute Gasteiger partial charge is 0.508 e. The van der Waals surface area contributed by atoms with Crippen LogP contribution in [0, 0.1) is 24.7 Å². The highest BCUT2D eigenvalue weighted by molar-refractivity contribution is 5.47. The number of aryl methyl sites for hydroxylation is 2. The van der Waals surface area contributed by atoms with Gasteiger partial charge in [0.1, 0.15) is 17.1 Å². The second-order valence-corrected chi connectivity index (χ2v) is 11.4. The highest BCUT2D eigenvalue weighted by atomic mass is 16.5. The van der Waals surface area contributed by atoms with Crippen LogP contribution < -0.4 is 4.74 Å². The van der Waals surface area contributed by atoms with Crippen molar-refractivity contribution >= 4 is 0 Å². The zero-order valence-corrected chi connectivity index (χ0v) is 21.4. The number of benzene rings is 1. The lowest BCUT2D eigenvalue weighted by molar-refractivity contribution is 0.0515. The molecule has 1 aliphatic rings. The van der Waals surface area contributed by atoms with E-state index < -0.39 is 0 Å². The Balaban J connectivity index is 1.58. The Hall–Kier alpha value is -1.18. The first-order valence-corrected chi connectivity index (χ1v) is 13.2. The summed E-state index contributed by atoms with van der Waals surface area (Å²) in [6.07, 6.45) is 17.0. The molecule has 2 nitrogen and oxygen atoms in total. The van der Waals surface area contributed by atoms with Gasteiger partial charge in [0.2, 0.25) is 0 Å². The Labute approximate surface area is 193 Å². The van der Waals surface area contributed by atoms with Crippen molar-refractivity contribution in [3.05, 3.63) is 23.3 Å². The molecule has 3 atom stereocenters. The lowest BCUT2D eigenvalue weighted by Gasteiger charge is -2.37. The van der Waals surface area contributed by atoms with Gasteiger partial charge in [0, 0.05) is 0 Å². The summed E-state index contributed by atoms with van der Waals surface area (Å²) in [5, 5.41) is 9.83. The first-order valence-electron chi connectivity index (χ1n) is 13.2. The van der Waals surface area contributed by atoms with Gasteiger partial charge in [-0.1, -0.05) is 85.5 Å². The maximum Gasteiger partial charge on any atom is 0.126 e. The van der Waals surface area contributed by atoms with Gasteiger partial charge in [-0.3, -0.25) is 0 Å². The Morgan fingerprint density at radius 2 is 1.42 bits per heavy atom. The van der Waals surface area contributed by atoms with Crippen LogP contribution in [0.1, 0.15) is 123 Å². The van der Waals surface area contributed by atoms with Gasteiger partial charge >= 0.3 is 0 Å². The summed E-state index contributed by atoms with van der Waals surface area (Å²) in [4.78, 5) is 0. The highest BCUT2D eigenvalue weighted by Gasteiger charge is 2.32. The summed E-state index contributed by atoms with van der Waals surface area (Å²) in [7, 11) is 0. The average Bonchev–Trinajstić information content (AvgIpc) is 2.69. The molecule has 1 heterocycles. The molecule has 0 amide bonds. The molecule has 0 radical (unpaired) electrons. The van der Waals surface area contributed by atoms with Crippen LogP contribution in [0.25, 0.3) is 0 Å². The Kier molecular flexibility index (Phi) is 10.7. The zero-order chi connectivity index (χ0) is 22.9. The number of ether oxygens (including phenoxy) is 1. The van der Waals surface area contributed by atoms with Crippen LogP contribution in [0.4, 0.5) is 0 Å². The number of phenols is 1. The number of rotatable bonds is 14. The summed E-state index contributed by atoms with van der Waals surface area (Å²) in [5.41, 5.74) is 2.17. The summed E-state index contributed by atoms with van der Waals surface area (Å²) in [6.45, 7) is 13.9. The quantitative estimate of drug-likeness (QED) is 0.298. The third-order valence-electron chi connectivity index (χ3n) is 7.38. The highest BCUT2D eigenvalue weighted by Crippen LogP contribution is 2.40. The van der Waals surface area contributed by atoms with E-state index in [2.05, 4.69) is 34.6 Å². The van der Waals surface area contributed by atoms with Gasteiger partial charge in [0.05, 0.1) is 0 Å². The third-order valence-corrected chi connectivity index (χ3v) is 7.38. The molecule has 0 saturated carbocycles. The fourth-order valence-electron chi connectivity index (χ4n) is 5.17. The van der Waals surface area contributed by atoms with Gasteiger partial charge in [0.25, 0.3) is 0 Å². The molecule has 2 rings (SSSR count). The summed E-state index contributed by atoms with van der Waals surface area (Å²) >= 11 is 0. The van der Waals surface area contributed by atoms with E-state index >= 15 is 0 Å². The molecule has 0 aromatic heterocycles. The van der Waals surface area contributed by atoms with Crippen LogP contribution in [0.2, 0.25) is 0 Å². The smallest absolute Gasteiger partial charge is 0.126 e. The topological polar surface area (TPSA) is 29.5 Å². The fraction of sp³-hybridized carbons (Fsp3) is 0.793. The Morgan fingerprint density at radius 3 is 2.00 bits per heavy atom. The number of unbranched alkanes of at least 4 members (excludes halogenated alkanes) is 2. The standard InChI is InChI=1S/C29H50O2/c1-22(2)12-7-8-13-23(3)14-9-10-15-24(4)16-11-18-29(6)19-17-26-21-27(30)20-25(5)28(26)31-29/h20-24,30H,7-19H2,1-6H3/t23-,24-,29-/m1/s1. The maximum absolute atomic E-state index is 9.83. The molecule has 0 unspecified atom stereocenters. The normalized spacial score (nSPS) is 20.4. The van der Waals surface area contributed by atoms with E-state index in [9.17, 15) is 5.11 Å².